The maximum absolute atomic E-state index is 10.7. The van der Waals surface area contributed by atoms with Crippen molar-refractivity contribution < 1.29 is 4.79 Å². The van der Waals surface area contributed by atoms with Gasteiger partial charge >= 0.3 is 0 Å². The maximum Gasteiger partial charge on any atom is 0.234 e. The summed E-state index contributed by atoms with van der Waals surface area (Å²) in [6, 6.07) is 0.460. The summed E-state index contributed by atoms with van der Waals surface area (Å²) in [6.07, 6.45) is 2.37. The largest absolute Gasteiger partial charge is 0.354 e. The standard InChI is InChI=1S/C7H13ClN2O/c8-4-7(11)10-5-6-2-1-3-9-6/h6,9H,1-5H2,(H,10,11)/t6-/m0/s1. The predicted octanol–water partition coefficient (Wildman–Crippen LogP) is 0.0934. The van der Waals surface area contributed by atoms with Gasteiger partial charge in [-0.25, -0.2) is 0 Å². The molecule has 1 rings (SSSR count). The molecule has 0 bridgehead atoms. The third kappa shape index (κ3) is 3.08. The molecule has 0 aromatic carbocycles. The number of halogens is 1. The van der Waals surface area contributed by atoms with Gasteiger partial charge in [-0.1, -0.05) is 0 Å². The molecule has 11 heavy (non-hydrogen) atoms. The average Bonchev–Trinajstić information content (AvgIpc) is 2.52. The highest BCUT2D eigenvalue weighted by Crippen LogP contribution is 2.02. The Morgan fingerprint density at radius 2 is 2.55 bits per heavy atom. The van der Waals surface area contributed by atoms with Crippen LogP contribution in [0.2, 0.25) is 0 Å². The predicted molar refractivity (Wildman–Crippen MR) is 44.8 cm³/mol. The van der Waals surface area contributed by atoms with E-state index in [4.69, 9.17) is 11.6 Å². The van der Waals surface area contributed by atoms with Crippen molar-refractivity contribution in [3.05, 3.63) is 0 Å². The first kappa shape index (κ1) is 8.81. The molecule has 1 saturated heterocycles. The van der Waals surface area contributed by atoms with E-state index < -0.39 is 0 Å². The molecule has 0 unspecified atom stereocenters. The minimum absolute atomic E-state index is 0.0622. The highest BCUT2D eigenvalue weighted by Gasteiger charge is 2.13. The van der Waals surface area contributed by atoms with Crippen LogP contribution in [-0.4, -0.2) is 30.9 Å². The van der Waals surface area contributed by atoms with Crippen LogP contribution in [0.5, 0.6) is 0 Å². The van der Waals surface area contributed by atoms with Crippen LogP contribution >= 0.6 is 11.6 Å². The molecule has 0 aromatic heterocycles. The SMILES string of the molecule is O=C(CCl)NC[C@@H]1CCCN1. The number of rotatable bonds is 3. The Hall–Kier alpha value is -0.280. The van der Waals surface area contributed by atoms with Gasteiger partial charge in [-0.05, 0) is 19.4 Å². The Balaban J connectivity index is 2.06. The molecule has 1 aliphatic heterocycles. The molecule has 0 saturated carbocycles. The molecule has 1 amide bonds. The number of nitrogens with one attached hydrogen (secondary N) is 2. The van der Waals surface area contributed by atoms with Gasteiger partial charge in [-0.2, -0.15) is 0 Å². The first-order chi connectivity index (χ1) is 5.33. The lowest BCUT2D eigenvalue weighted by atomic mass is 10.2. The summed E-state index contributed by atoms with van der Waals surface area (Å²) in [6.45, 7) is 1.78. The molecule has 1 heterocycles. The van der Waals surface area contributed by atoms with Crippen molar-refractivity contribution in [2.24, 2.45) is 0 Å². The van der Waals surface area contributed by atoms with Crippen molar-refractivity contribution in [1.82, 2.24) is 10.6 Å². The lowest BCUT2D eigenvalue weighted by molar-refractivity contribution is -0.118. The number of carbonyl (C=O) groups excluding carboxylic acids is 1. The molecule has 0 aliphatic carbocycles. The van der Waals surface area contributed by atoms with E-state index in [0.717, 1.165) is 13.0 Å². The molecule has 2 N–H and O–H groups in total. The molecule has 3 nitrogen and oxygen atoms in total. The third-order valence-electron chi connectivity index (χ3n) is 1.83. The van der Waals surface area contributed by atoms with E-state index in [2.05, 4.69) is 10.6 Å². The lowest BCUT2D eigenvalue weighted by Crippen LogP contribution is -2.37. The summed E-state index contributed by atoms with van der Waals surface area (Å²) in [5.41, 5.74) is 0. The fraction of sp³-hybridized carbons (Fsp3) is 0.857. The normalized spacial score (nSPS) is 23.5. The lowest BCUT2D eigenvalue weighted by Gasteiger charge is -2.09. The Morgan fingerprint density at radius 1 is 1.73 bits per heavy atom. The zero-order valence-corrected chi connectivity index (χ0v) is 7.16. The monoisotopic (exact) mass is 176 g/mol. The van der Waals surface area contributed by atoms with Crippen LogP contribution in [0.4, 0.5) is 0 Å². The fourth-order valence-electron chi connectivity index (χ4n) is 1.22. The van der Waals surface area contributed by atoms with Gasteiger partial charge in [0.05, 0.1) is 0 Å². The maximum atomic E-state index is 10.7. The second-order valence-electron chi connectivity index (χ2n) is 2.73. The highest BCUT2D eigenvalue weighted by molar-refractivity contribution is 6.27. The van der Waals surface area contributed by atoms with Crippen molar-refractivity contribution in [3.8, 4) is 0 Å². The first-order valence-corrected chi connectivity index (χ1v) is 4.42. The molecule has 64 valence electrons. The number of amides is 1. The van der Waals surface area contributed by atoms with Gasteiger partial charge < -0.3 is 10.6 Å². The first-order valence-electron chi connectivity index (χ1n) is 3.89. The smallest absolute Gasteiger partial charge is 0.234 e. The van der Waals surface area contributed by atoms with E-state index >= 15 is 0 Å². The van der Waals surface area contributed by atoms with Gasteiger partial charge in [0.1, 0.15) is 5.88 Å². The summed E-state index contributed by atoms with van der Waals surface area (Å²) < 4.78 is 0. The van der Waals surface area contributed by atoms with Gasteiger partial charge in [-0.15, -0.1) is 11.6 Å². The van der Waals surface area contributed by atoms with Crippen molar-refractivity contribution in [2.45, 2.75) is 18.9 Å². The molecule has 0 aromatic rings. The minimum atomic E-state index is -0.0830. The van der Waals surface area contributed by atoms with E-state index in [1.165, 1.54) is 6.42 Å². The quantitative estimate of drug-likeness (QED) is 0.599. The summed E-state index contributed by atoms with van der Waals surface area (Å²) in [5.74, 6) is -0.0208. The summed E-state index contributed by atoms with van der Waals surface area (Å²) in [5, 5.41) is 6.02. The van der Waals surface area contributed by atoms with Gasteiger partial charge in [0, 0.05) is 12.6 Å². The van der Waals surface area contributed by atoms with Crippen molar-refractivity contribution >= 4 is 17.5 Å². The summed E-state index contributed by atoms with van der Waals surface area (Å²) >= 11 is 5.31. The van der Waals surface area contributed by atoms with Crippen LogP contribution in [0.25, 0.3) is 0 Å². The average molecular weight is 177 g/mol. The van der Waals surface area contributed by atoms with Crippen LogP contribution < -0.4 is 10.6 Å². The topological polar surface area (TPSA) is 41.1 Å². The summed E-state index contributed by atoms with van der Waals surface area (Å²) in [7, 11) is 0. The zero-order chi connectivity index (χ0) is 8.10. The molecular weight excluding hydrogens is 164 g/mol. The number of hydrogen-bond donors (Lipinski definition) is 2. The number of alkyl halides is 1. The van der Waals surface area contributed by atoms with Gasteiger partial charge in [-0.3, -0.25) is 4.79 Å². The Morgan fingerprint density at radius 3 is 3.09 bits per heavy atom. The Kier molecular flexibility index (Phi) is 3.66. The Labute approximate surface area is 71.5 Å². The molecule has 1 fully saturated rings. The molecule has 1 aliphatic rings. The van der Waals surface area contributed by atoms with Crippen LogP contribution in [0.1, 0.15) is 12.8 Å². The molecule has 0 radical (unpaired) electrons. The van der Waals surface area contributed by atoms with E-state index in [9.17, 15) is 4.79 Å². The van der Waals surface area contributed by atoms with Crippen molar-refractivity contribution in [3.63, 3.8) is 0 Å². The molecule has 4 heteroatoms. The molecular formula is C7H13ClN2O. The van der Waals surface area contributed by atoms with Crippen LogP contribution in [0, 0.1) is 0 Å². The Bertz CT molecular complexity index is 134. The van der Waals surface area contributed by atoms with E-state index in [1.54, 1.807) is 0 Å². The van der Waals surface area contributed by atoms with Gasteiger partial charge in [0.15, 0.2) is 0 Å². The van der Waals surface area contributed by atoms with Crippen LogP contribution in [0.3, 0.4) is 0 Å². The molecule has 0 spiro atoms. The molecule has 1 atom stereocenters. The minimum Gasteiger partial charge on any atom is -0.354 e. The fourth-order valence-corrected chi connectivity index (χ4v) is 1.31. The van der Waals surface area contributed by atoms with E-state index in [0.29, 0.717) is 12.6 Å². The number of carbonyl (C=O) groups is 1. The van der Waals surface area contributed by atoms with Crippen molar-refractivity contribution in [1.29, 1.82) is 0 Å². The second-order valence-corrected chi connectivity index (χ2v) is 3.00. The van der Waals surface area contributed by atoms with Crippen LogP contribution in [-0.2, 0) is 4.79 Å². The highest BCUT2D eigenvalue weighted by atomic mass is 35.5. The van der Waals surface area contributed by atoms with Crippen LogP contribution in [0.15, 0.2) is 0 Å². The van der Waals surface area contributed by atoms with E-state index in [-0.39, 0.29) is 11.8 Å². The van der Waals surface area contributed by atoms with Crippen molar-refractivity contribution in [2.75, 3.05) is 19.0 Å². The summed E-state index contributed by atoms with van der Waals surface area (Å²) in [4.78, 5) is 10.7. The number of hydrogen-bond acceptors (Lipinski definition) is 2. The zero-order valence-electron chi connectivity index (χ0n) is 6.40. The van der Waals surface area contributed by atoms with Gasteiger partial charge in [0.25, 0.3) is 0 Å². The second kappa shape index (κ2) is 4.57. The van der Waals surface area contributed by atoms with Gasteiger partial charge in [0.2, 0.25) is 5.91 Å². The third-order valence-corrected chi connectivity index (χ3v) is 2.07. The van der Waals surface area contributed by atoms with E-state index in [1.807, 2.05) is 0 Å².